The number of rotatable bonds is 7. The third-order valence-corrected chi connectivity index (χ3v) is 7.34. The van der Waals surface area contributed by atoms with E-state index < -0.39 is 17.5 Å². The first-order chi connectivity index (χ1) is 21.8. The molecule has 1 aliphatic rings. The van der Waals surface area contributed by atoms with E-state index in [2.05, 4.69) is 19.9 Å². The lowest BCUT2D eigenvalue weighted by Crippen LogP contribution is -2.50. The molecule has 0 atom stereocenters. The van der Waals surface area contributed by atoms with E-state index in [1.807, 2.05) is 63.2 Å². The summed E-state index contributed by atoms with van der Waals surface area (Å²) in [5, 5.41) is 0. The third-order valence-electron chi connectivity index (χ3n) is 7.34. The van der Waals surface area contributed by atoms with Crippen LogP contribution in [0.5, 0.6) is 5.88 Å². The van der Waals surface area contributed by atoms with Crippen LogP contribution in [0.4, 0.5) is 29.6 Å². The fraction of sp³-hybridized carbons (Fsp3) is 0.353. The Labute approximate surface area is 266 Å². The molecule has 0 aliphatic carbocycles. The number of aromatic nitrogens is 3. The van der Waals surface area contributed by atoms with Gasteiger partial charge in [-0.3, -0.25) is 0 Å². The van der Waals surface area contributed by atoms with Crippen LogP contribution in [0.3, 0.4) is 0 Å². The number of hydrogen-bond donors (Lipinski definition) is 1. The molecule has 46 heavy (non-hydrogen) atoms. The van der Waals surface area contributed by atoms with E-state index >= 15 is 0 Å². The Kier molecular flexibility index (Phi) is 9.36. The van der Waals surface area contributed by atoms with Crippen LogP contribution < -0.4 is 15.4 Å². The molecule has 1 aliphatic heterocycles. The first kappa shape index (κ1) is 32.5. The Hall–Kier alpha value is -4.87. The number of pyridine rings is 1. The lowest BCUT2D eigenvalue weighted by atomic mass is 9.99. The number of carbonyl (C=O) groups is 1. The Morgan fingerprint density at radius 1 is 0.891 bits per heavy atom. The van der Waals surface area contributed by atoms with Crippen LogP contribution in [0.1, 0.15) is 37.7 Å². The zero-order valence-electron chi connectivity index (χ0n) is 26.3. The second-order valence-electron chi connectivity index (χ2n) is 12.1. The fourth-order valence-corrected chi connectivity index (χ4v) is 5.20. The number of anilines is 2. The van der Waals surface area contributed by atoms with Crippen LogP contribution in [-0.2, 0) is 17.3 Å². The molecule has 0 spiro atoms. The van der Waals surface area contributed by atoms with Crippen LogP contribution in [0, 0.1) is 6.92 Å². The first-order valence-electron chi connectivity index (χ1n) is 15.0. The number of carbonyl (C=O) groups excluding carboxylic acids is 1. The van der Waals surface area contributed by atoms with Gasteiger partial charge in [0.05, 0.1) is 17.9 Å². The number of alkyl halides is 3. The minimum Gasteiger partial charge on any atom is -0.477 e. The quantitative estimate of drug-likeness (QED) is 0.237. The number of nitrogens with two attached hydrogens (primary N) is 1. The second-order valence-corrected chi connectivity index (χ2v) is 12.1. The minimum absolute atomic E-state index is 0.0597. The van der Waals surface area contributed by atoms with Gasteiger partial charge in [0.15, 0.2) is 0 Å². The average molecular weight is 635 g/mol. The van der Waals surface area contributed by atoms with Gasteiger partial charge >= 0.3 is 12.3 Å². The molecule has 242 valence electrons. The minimum atomic E-state index is -4.64. The number of benzene rings is 2. The van der Waals surface area contributed by atoms with Gasteiger partial charge in [-0.05, 0) is 63.1 Å². The van der Waals surface area contributed by atoms with Crippen molar-refractivity contribution in [2.45, 2.75) is 45.9 Å². The van der Waals surface area contributed by atoms with Crippen molar-refractivity contribution < 1.29 is 27.4 Å². The number of nitrogens with zero attached hydrogens (tertiary/aromatic N) is 5. The maximum absolute atomic E-state index is 13.7. The van der Waals surface area contributed by atoms with Crippen LogP contribution in [0.2, 0.25) is 0 Å². The van der Waals surface area contributed by atoms with E-state index in [1.165, 1.54) is 6.92 Å². The van der Waals surface area contributed by atoms with Crippen molar-refractivity contribution in [2.24, 2.45) is 0 Å². The van der Waals surface area contributed by atoms with E-state index in [-0.39, 0.29) is 35.8 Å². The highest BCUT2D eigenvalue weighted by Gasteiger charge is 2.34. The Balaban J connectivity index is 1.31. The van der Waals surface area contributed by atoms with E-state index in [4.69, 9.17) is 15.2 Å². The van der Waals surface area contributed by atoms with Crippen molar-refractivity contribution in [3.05, 3.63) is 83.7 Å². The summed E-state index contributed by atoms with van der Waals surface area (Å²) in [4.78, 5) is 28.7. The number of ether oxygens (including phenoxy) is 2. The molecule has 3 heterocycles. The summed E-state index contributed by atoms with van der Waals surface area (Å²) in [7, 11) is 0. The largest absolute Gasteiger partial charge is 0.477 e. The number of hydrogen-bond acceptors (Lipinski definition) is 8. The SMILES string of the molecule is Cc1cc(-c2c(OCCc3ccc(N4CCN(C(=O)OC(C)(C)C)CC4)cc3)nc(N)nc2-c2ccccc2)cc(C(F)(F)F)n1. The maximum Gasteiger partial charge on any atom is 0.433 e. The number of nitrogen functional groups attached to an aromatic ring is 1. The van der Waals surface area contributed by atoms with Crippen molar-refractivity contribution in [2.75, 3.05) is 43.4 Å². The highest BCUT2D eigenvalue weighted by molar-refractivity contribution is 5.85. The molecule has 2 N–H and O–H groups in total. The number of piperazine rings is 1. The lowest BCUT2D eigenvalue weighted by molar-refractivity contribution is -0.141. The second kappa shape index (κ2) is 13.2. The molecule has 0 bridgehead atoms. The standard InChI is InChI=1S/C34H37F3N6O3/c1-22-20-25(21-27(39-22)34(35,36)37)28-29(24-8-6-5-7-9-24)40-31(38)41-30(28)45-19-14-23-10-12-26(13-11-23)42-15-17-43(18-16-42)32(44)46-33(2,3)4/h5-13,20-21H,14-19H2,1-4H3,(H2,38,40,41). The number of halogens is 3. The topological polar surface area (TPSA) is 107 Å². The molecule has 0 unspecified atom stereocenters. The summed E-state index contributed by atoms with van der Waals surface area (Å²) in [6.45, 7) is 9.78. The molecule has 1 fully saturated rings. The smallest absolute Gasteiger partial charge is 0.433 e. The van der Waals surface area contributed by atoms with Gasteiger partial charge in [-0.1, -0.05) is 42.5 Å². The first-order valence-corrected chi connectivity index (χ1v) is 15.0. The Morgan fingerprint density at radius 2 is 1.57 bits per heavy atom. The van der Waals surface area contributed by atoms with E-state index in [0.717, 1.165) is 17.3 Å². The molecule has 0 radical (unpaired) electrons. The normalized spacial score (nSPS) is 13.9. The molecule has 5 rings (SSSR count). The van der Waals surface area contributed by atoms with Gasteiger partial charge in [0.25, 0.3) is 0 Å². The van der Waals surface area contributed by atoms with Crippen LogP contribution in [-0.4, -0.2) is 64.3 Å². The number of amides is 1. The summed E-state index contributed by atoms with van der Waals surface area (Å²) >= 11 is 0. The van der Waals surface area contributed by atoms with Gasteiger partial charge in [0.1, 0.15) is 11.3 Å². The van der Waals surface area contributed by atoms with E-state index in [0.29, 0.717) is 49.4 Å². The monoisotopic (exact) mass is 634 g/mol. The third kappa shape index (κ3) is 8.04. The van der Waals surface area contributed by atoms with Crippen molar-refractivity contribution in [3.8, 4) is 28.3 Å². The predicted molar refractivity (Wildman–Crippen MR) is 171 cm³/mol. The maximum atomic E-state index is 13.7. The molecule has 1 saturated heterocycles. The number of aryl methyl sites for hydroxylation is 1. The highest BCUT2D eigenvalue weighted by atomic mass is 19.4. The molecule has 2 aromatic heterocycles. The van der Waals surface area contributed by atoms with Crippen LogP contribution in [0.25, 0.3) is 22.4 Å². The van der Waals surface area contributed by atoms with E-state index in [1.54, 1.807) is 23.1 Å². The molecule has 1 amide bonds. The summed E-state index contributed by atoms with van der Waals surface area (Å²) < 4.78 is 52.8. The zero-order chi connectivity index (χ0) is 33.1. The molecular formula is C34H37F3N6O3. The van der Waals surface area contributed by atoms with Gasteiger partial charge in [0, 0.05) is 49.5 Å². The molecule has 4 aromatic rings. The summed E-state index contributed by atoms with van der Waals surface area (Å²) in [5.41, 5.74) is 8.30. The van der Waals surface area contributed by atoms with Crippen molar-refractivity contribution in [1.82, 2.24) is 19.9 Å². The predicted octanol–water partition coefficient (Wildman–Crippen LogP) is 6.79. The van der Waals surface area contributed by atoms with Gasteiger partial charge in [-0.15, -0.1) is 0 Å². The van der Waals surface area contributed by atoms with Crippen LogP contribution >= 0.6 is 0 Å². The molecule has 9 nitrogen and oxygen atoms in total. The van der Waals surface area contributed by atoms with Gasteiger partial charge in [0.2, 0.25) is 11.8 Å². The summed E-state index contributed by atoms with van der Waals surface area (Å²) in [6, 6.07) is 19.6. The van der Waals surface area contributed by atoms with Crippen molar-refractivity contribution >= 4 is 17.7 Å². The van der Waals surface area contributed by atoms with Gasteiger partial charge in [-0.2, -0.15) is 18.2 Å². The molecular weight excluding hydrogens is 597 g/mol. The zero-order valence-corrected chi connectivity index (χ0v) is 26.3. The van der Waals surface area contributed by atoms with Crippen molar-refractivity contribution in [1.29, 1.82) is 0 Å². The van der Waals surface area contributed by atoms with Gasteiger partial charge in [-0.25, -0.2) is 14.8 Å². The van der Waals surface area contributed by atoms with Crippen LogP contribution in [0.15, 0.2) is 66.7 Å². The lowest BCUT2D eigenvalue weighted by Gasteiger charge is -2.36. The Bertz CT molecular complexity index is 1670. The molecule has 0 saturated carbocycles. The van der Waals surface area contributed by atoms with E-state index in [9.17, 15) is 18.0 Å². The summed E-state index contributed by atoms with van der Waals surface area (Å²) in [5.74, 6) is 0.0279. The van der Waals surface area contributed by atoms with Crippen molar-refractivity contribution in [3.63, 3.8) is 0 Å². The highest BCUT2D eigenvalue weighted by Crippen LogP contribution is 2.40. The van der Waals surface area contributed by atoms with Gasteiger partial charge < -0.3 is 25.0 Å². The fourth-order valence-electron chi connectivity index (χ4n) is 5.20. The molecule has 12 heteroatoms. The Morgan fingerprint density at radius 3 is 2.20 bits per heavy atom. The summed E-state index contributed by atoms with van der Waals surface area (Å²) in [6.07, 6.45) is -4.42. The molecule has 2 aromatic carbocycles. The average Bonchev–Trinajstić information content (AvgIpc) is 3.00.